The molecule has 0 spiro atoms. The molecule has 1 aromatic heterocycles. The second-order valence-corrected chi connectivity index (χ2v) is 6.66. The first kappa shape index (κ1) is 20.2. The summed E-state index contributed by atoms with van der Waals surface area (Å²) in [6, 6.07) is 3.52. The molecule has 2 aromatic rings. The minimum atomic E-state index is -0.391. The summed E-state index contributed by atoms with van der Waals surface area (Å²) < 4.78 is 16.3. The number of methoxy groups -OCH3 is 2. The zero-order valence-corrected chi connectivity index (χ0v) is 16.4. The number of nitrogens with zero attached hydrogens (tertiary/aromatic N) is 3. The number of H-pyrrole nitrogens is 1. The zero-order chi connectivity index (χ0) is 20.0. The standard InChI is InChI=1S/C18H25N5O4/c1-7-27-14-12(25-5)8-11(9-13(14)26-6)10-19-22-17-20-16(24)15(21-23-17)18(2,3)4/h8-10H,7H2,1-6H3,(H2,20,22,23,24)/b19-10+. The lowest BCUT2D eigenvalue weighted by atomic mass is 9.93. The molecule has 146 valence electrons. The molecule has 0 aliphatic heterocycles. The monoisotopic (exact) mass is 375 g/mol. The third-order valence-corrected chi connectivity index (χ3v) is 3.56. The first-order valence-electron chi connectivity index (χ1n) is 8.45. The van der Waals surface area contributed by atoms with Gasteiger partial charge >= 0.3 is 0 Å². The van der Waals surface area contributed by atoms with Crippen molar-refractivity contribution in [1.29, 1.82) is 0 Å². The van der Waals surface area contributed by atoms with Crippen LogP contribution in [0.4, 0.5) is 5.95 Å². The van der Waals surface area contributed by atoms with E-state index in [4.69, 9.17) is 14.2 Å². The first-order valence-corrected chi connectivity index (χ1v) is 8.45. The van der Waals surface area contributed by atoms with E-state index in [9.17, 15) is 4.79 Å². The topological polar surface area (TPSA) is 111 Å². The van der Waals surface area contributed by atoms with Gasteiger partial charge in [-0.2, -0.15) is 5.10 Å². The van der Waals surface area contributed by atoms with Crippen LogP contribution in [0.5, 0.6) is 17.2 Å². The Hall–Kier alpha value is -3.10. The summed E-state index contributed by atoms with van der Waals surface area (Å²) in [4.78, 5) is 14.7. The first-order chi connectivity index (χ1) is 12.8. The lowest BCUT2D eigenvalue weighted by Crippen LogP contribution is -2.28. The van der Waals surface area contributed by atoms with Gasteiger partial charge in [-0.25, -0.2) is 5.43 Å². The summed E-state index contributed by atoms with van der Waals surface area (Å²) in [6.07, 6.45) is 1.54. The molecule has 1 heterocycles. The van der Waals surface area contributed by atoms with Crippen LogP contribution in [0.15, 0.2) is 22.0 Å². The normalized spacial score (nSPS) is 11.5. The number of hydrazone groups is 1. The summed E-state index contributed by atoms with van der Waals surface area (Å²) in [5, 5.41) is 12.0. The molecular weight excluding hydrogens is 350 g/mol. The van der Waals surface area contributed by atoms with E-state index in [1.54, 1.807) is 32.6 Å². The van der Waals surface area contributed by atoms with E-state index >= 15 is 0 Å². The lowest BCUT2D eigenvalue weighted by molar-refractivity contribution is 0.288. The average molecular weight is 375 g/mol. The summed E-state index contributed by atoms with van der Waals surface area (Å²) in [5.41, 5.74) is 3.03. The maximum Gasteiger partial charge on any atom is 0.274 e. The van der Waals surface area contributed by atoms with Gasteiger partial charge < -0.3 is 14.2 Å². The van der Waals surface area contributed by atoms with Gasteiger partial charge in [0.05, 0.1) is 27.0 Å². The van der Waals surface area contributed by atoms with Crippen molar-refractivity contribution in [3.63, 3.8) is 0 Å². The number of ether oxygens (including phenoxy) is 3. The molecule has 2 N–H and O–H groups in total. The summed E-state index contributed by atoms with van der Waals surface area (Å²) >= 11 is 0. The largest absolute Gasteiger partial charge is 0.493 e. The number of hydrogen-bond acceptors (Lipinski definition) is 8. The second kappa shape index (κ2) is 8.52. The Morgan fingerprint density at radius 2 is 1.81 bits per heavy atom. The molecule has 0 atom stereocenters. The predicted molar refractivity (Wildman–Crippen MR) is 103 cm³/mol. The van der Waals surface area contributed by atoms with Crippen molar-refractivity contribution in [3.8, 4) is 17.2 Å². The second-order valence-electron chi connectivity index (χ2n) is 6.66. The zero-order valence-electron chi connectivity index (χ0n) is 16.4. The molecule has 0 saturated carbocycles. The number of aromatic nitrogens is 3. The van der Waals surface area contributed by atoms with Crippen LogP contribution in [0.3, 0.4) is 0 Å². The highest BCUT2D eigenvalue weighted by molar-refractivity contribution is 5.82. The molecule has 0 aliphatic rings. The van der Waals surface area contributed by atoms with Crippen molar-refractivity contribution in [1.82, 2.24) is 15.2 Å². The molecule has 9 nitrogen and oxygen atoms in total. The average Bonchev–Trinajstić information content (AvgIpc) is 2.61. The molecule has 0 radical (unpaired) electrons. The molecule has 27 heavy (non-hydrogen) atoms. The van der Waals surface area contributed by atoms with Crippen LogP contribution in [0.2, 0.25) is 0 Å². The smallest absolute Gasteiger partial charge is 0.274 e. The van der Waals surface area contributed by atoms with Gasteiger partial charge in [0.2, 0.25) is 11.7 Å². The molecule has 0 aliphatic carbocycles. The van der Waals surface area contributed by atoms with Crippen molar-refractivity contribution >= 4 is 12.2 Å². The van der Waals surface area contributed by atoms with Gasteiger partial charge in [0, 0.05) is 11.0 Å². The fourth-order valence-electron chi connectivity index (χ4n) is 2.31. The van der Waals surface area contributed by atoms with E-state index in [-0.39, 0.29) is 11.5 Å². The Kier molecular flexibility index (Phi) is 6.38. The Morgan fingerprint density at radius 3 is 2.30 bits per heavy atom. The highest BCUT2D eigenvalue weighted by Crippen LogP contribution is 2.38. The van der Waals surface area contributed by atoms with Gasteiger partial charge in [-0.3, -0.25) is 9.78 Å². The molecule has 2 rings (SSSR count). The van der Waals surface area contributed by atoms with Crippen molar-refractivity contribution in [2.75, 3.05) is 26.3 Å². The van der Waals surface area contributed by atoms with Crippen molar-refractivity contribution < 1.29 is 14.2 Å². The van der Waals surface area contributed by atoms with Gasteiger partial charge in [-0.05, 0) is 19.1 Å². The van der Waals surface area contributed by atoms with Crippen LogP contribution in [0, 0.1) is 0 Å². The van der Waals surface area contributed by atoms with Crippen LogP contribution in [-0.4, -0.2) is 42.2 Å². The van der Waals surface area contributed by atoms with Crippen molar-refractivity contribution in [2.24, 2.45) is 5.10 Å². The van der Waals surface area contributed by atoms with E-state index in [0.717, 1.165) is 0 Å². The minimum absolute atomic E-state index is 0.147. The summed E-state index contributed by atoms with van der Waals surface area (Å²) in [5.74, 6) is 1.73. The highest BCUT2D eigenvalue weighted by Gasteiger charge is 2.20. The number of hydrogen-bond donors (Lipinski definition) is 2. The fraction of sp³-hybridized carbons (Fsp3) is 0.444. The minimum Gasteiger partial charge on any atom is -0.493 e. The maximum atomic E-state index is 12.1. The highest BCUT2D eigenvalue weighted by atomic mass is 16.5. The van der Waals surface area contributed by atoms with Gasteiger partial charge in [-0.15, -0.1) is 10.2 Å². The van der Waals surface area contributed by atoms with Gasteiger partial charge in [-0.1, -0.05) is 20.8 Å². The van der Waals surface area contributed by atoms with Crippen LogP contribution in [-0.2, 0) is 5.41 Å². The molecule has 0 bridgehead atoms. The Balaban J connectivity index is 2.21. The van der Waals surface area contributed by atoms with Crippen LogP contribution >= 0.6 is 0 Å². The Labute approximate surface area is 157 Å². The lowest BCUT2D eigenvalue weighted by Gasteiger charge is -2.15. The van der Waals surface area contributed by atoms with E-state index < -0.39 is 5.41 Å². The van der Waals surface area contributed by atoms with Crippen LogP contribution < -0.4 is 25.2 Å². The number of benzene rings is 1. The fourth-order valence-corrected chi connectivity index (χ4v) is 2.31. The molecule has 0 unspecified atom stereocenters. The number of rotatable bonds is 7. The van der Waals surface area contributed by atoms with Crippen LogP contribution in [0.25, 0.3) is 0 Å². The van der Waals surface area contributed by atoms with E-state index in [2.05, 4.69) is 25.7 Å². The summed E-state index contributed by atoms with van der Waals surface area (Å²) in [7, 11) is 3.10. The molecule has 9 heteroatoms. The molecule has 0 amide bonds. The quantitative estimate of drug-likeness (QED) is 0.564. The SMILES string of the molecule is CCOc1c(OC)cc(/C=N/Nc2nnc(C(C)(C)C)c(=O)[nH]2)cc1OC. The van der Waals surface area contributed by atoms with Crippen molar-refractivity contribution in [2.45, 2.75) is 33.1 Å². The number of nitrogens with one attached hydrogen (secondary N) is 2. The molecule has 0 saturated heterocycles. The van der Waals surface area contributed by atoms with E-state index in [0.29, 0.717) is 35.1 Å². The molecule has 0 fully saturated rings. The van der Waals surface area contributed by atoms with Gasteiger partial charge in [0.15, 0.2) is 11.5 Å². The predicted octanol–water partition coefficient (Wildman–Crippen LogP) is 2.32. The molecule has 1 aromatic carbocycles. The van der Waals surface area contributed by atoms with E-state index in [1.165, 1.54) is 0 Å². The van der Waals surface area contributed by atoms with Gasteiger partial charge in [0.1, 0.15) is 5.69 Å². The third-order valence-electron chi connectivity index (χ3n) is 3.56. The Bertz CT molecular complexity index is 846. The third kappa shape index (κ3) is 4.96. The van der Waals surface area contributed by atoms with Crippen LogP contribution in [0.1, 0.15) is 39.0 Å². The number of aromatic amines is 1. The van der Waals surface area contributed by atoms with Gasteiger partial charge in [0.25, 0.3) is 5.56 Å². The van der Waals surface area contributed by atoms with Crippen molar-refractivity contribution in [3.05, 3.63) is 33.7 Å². The molecular formula is C18H25N5O4. The van der Waals surface area contributed by atoms with E-state index in [1.807, 2.05) is 27.7 Å². The summed E-state index contributed by atoms with van der Waals surface area (Å²) in [6.45, 7) is 8.04. The maximum absolute atomic E-state index is 12.1. The Morgan fingerprint density at radius 1 is 1.19 bits per heavy atom. The number of anilines is 1.